The van der Waals surface area contributed by atoms with Crippen molar-refractivity contribution in [2.24, 2.45) is 0 Å². The van der Waals surface area contributed by atoms with Gasteiger partial charge in [-0.25, -0.2) is 9.07 Å². The molecule has 2 atom stereocenters. The van der Waals surface area contributed by atoms with Crippen LogP contribution < -0.4 is 4.74 Å². The average molecular weight is 549 g/mol. The van der Waals surface area contributed by atoms with Gasteiger partial charge in [-0.2, -0.15) is 9.49 Å². The van der Waals surface area contributed by atoms with Crippen molar-refractivity contribution in [2.45, 2.75) is 32.6 Å². The summed E-state index contributed by atoms with van der Waals surface area (Å²) in [6.45, 7) is 4.00. The maximum atomic E-state index is 14.3. The van der Waals surface area contributed by atoms with E-state index >= 15 is 0 Å². The van der Waals surface area contributed by atoms with E-state index in [0.29, 0.717) is 16.6 Å². The molecular weight excluding hydrogens is 530 g/mol. The number of nitrogens with zero attached hydrogens (tertiary/aromatic N) is 6. The van der Waals surface area contributed by atoms with Gasteiger partial charge in [0.1, 0.15) is 18.0 Å². The fraction of sp³-hybridized carbons (Fsp3) is 0.227. The Morgan fingerprint density at radius 2 is 2.03 bits per heavy atom. The minimum Gasteiger partial charge on any atom is -0.478 e. The largest absolute Gasteiger partial charge is 0.478 e. The van der Waals surface area contributed by atoms with Crippen molar-refractivity contribution in [1.82, 2.24) is 24.5 Å². The van der Waals surface area contributed by atoms with Gasteiger partial charge >= 0.3 is 5.82 Å². The van der Waals surface area contributed by atoms with Crippen LogP contribution in [0.4, 0.5) is 14.6 Å². The molecule has 10 nitrogen and oxygen atoms in total. The number of halogens is 3. The third-order valence-corrected chi connectivity index (χ3v) is 5.65. The van der Waals surface area contributed by atoms with Crippen molar-refractivity contribution in [1.29, 1.82) is 0 Å². The van der Waals surface area contributed by atoms with E-state index in [9.17, 15) is 24.0 Å². The summed E-state index contributed by atoms with van der Waals surface area (Å²) < 4.78 is 37.5. The molecule has 3 aromatic heterocycles. The molecule has 3 heterocycles. The maximum absolute atomic E-state index is 14.3. The Morgan fingerprint density at radius 1 is 1.26 bits per heavy atom. The van der Waals surface area contributed by atoms with Gasteiger partial charge in [0.25, 0.3) is 0 Å². The highest BCUT2D eigenvalue weighted by molar-refractivity contribution is 9.10. The average Bonchev–Trinajstić information content (AvgIpc) is 3.45. The first-order chi connectivity index (χ1) is 16.7. The molecule has 0 saturated heterocycles. The van der Waals surface area contributed by atoms with Gasteiger partial charge in [-0.3, -0.25) is 4.68 Å². The van der Waals surface area contributed by atoms with Crippen LogP contribution in [0.3, 0.4) is 0 Å². The first kappa shape index (κ1) is 24.4. The topological polar surface area (TPSA) is 121 Å². The van der Waals surface area contributed by atoms with Crippen molar-refractivity contribution in [3.63, 3.8) is 0 Å². The van der Waals surface area contributed by atoms with Crippen molar-refractivity contribution in [2.75, 3.05) is 0 Å². The number of rotatable bonds is 8. The molecular formula is C22H19BrF2N6O4. The van der Waals surface area contributed by atoms with E-state index in [4.69, 9.17) is 4.74 Å². The van der Waals surface area contributed by atoms with Crippen LogP contribution in [0, 0.1) is 21.9 Å². The SMILES string of the molecule is CCn1cc(C(O)c2cc(F)nn2-c2ccc(F)cc2C(C)Oc2cc(Br)cnc2[N+](=O)[O-])cn1. The lowest BCUT2D eigenvalue weighted by atomic mass is 10.1. The fourth-order valence-corrected chi connectivity index (χ4v) is 3.86. The van der Waals surface area contributed by atoms with Gasteiger partial charge in [-0.05, 0) is 57.9 Å². The zero-order valence-corrected chi connectivity index (χ0v) is 20.1. The Bertz CT molecular complexity index is 1390. The summed E-state index contributed by atoms with van der Waals surface area (Å²) in [5.41, 5.74) is 0.913. The van der Waals surface area contributed by atoms with Crippen LogP contribution >= 0.6 is 15.9 Å². The van der Waals surface area contributed by atoms with Crippen LogP contribution in [-0.4, -0.2) is 34.6 Å². The standard InChI is InChI=1S/C22H19BrF2N6O4/c1-3-29-11-13(9-27-29)21(32)18-8-20(25)28-30(18)17-5-4-15(24)7-16(17)12(2)35-19-6-14(23)10-26-22(19)31(33)34/h4-12,21,32H,3H2,1-2H3. The van der Waals surface area contributed by atoms with E-state index in [-0.39, 0.29) is 22.7 Å². The van der Waals surface area contributed by atoms with E-state index in [1.807, 2.05) is 6.92 Å². The van der Waals surface area contributed by atoms with Gasteiger partial charge in [0.2, 0.25) is 11.7 Å². The molecule has 0 aliphatic rings. The monoisotopic (exact) mass is 548 g/mol. The molecule has 0 saturated carbocycles. The highest BCUT2D eigenvalue weighted by Crippen LogP contribution is 2.34. The summed E-state index contributed by atoms with van der Waals surface area (Å²) in [4.78, 5) is 14.4. The Labute approximate surface area is 206 Å². The lowest BCUT2D eigenvalue weighted by Crippen LogP contribution is -2.14. The molecule has 4 aromatic rings. The highest BCUT2D eigenvalue weighted by atomic mass is 79.9. The Morgan fingerprint density at radius 3 is 2.71 bits per heavy atom. The van der Waals surface area contributed by atoms with Crippen molar-refractivity contribution < 1.29 is 23.5 Å². The fourth-order valence-electron chi connectivity index (χ4n) is 3.55. The Hall–Kier alpha value is -3.71. The number of aromatic nitrogens is 5. The third kappa shape index (κ3) is 5.05. The van der Waals surface area contributed by atoms with Gasteiger partial charge < -0.3 is 20.0 Å². The van der Waals surface area contributed by atoms with Crippen molar-refractivity contribution in [3.05, 3.63) is 92.1 Å². The van der Waals surface area contributed by atoms with Crippen molar-refractivity contribution in [3.8, 4) is 11.4 Å². The van der Waals surface area contributed by atoms with Gasteiger partial charge in [0.05, 0.1) is 22.1 Å². The molecule has 0 bridgehead atoms. The lowest BCUT2D eigenvalue weighted by Gasteiger charge is -2.20. The molecule has 0 aliphatic carbocycles. The summed E-state index contributed by atoms with van der Waals surface area (Å²) >= 11 is 3.20. The number of aliphatic hydroxyl groups is 1. The van der Waals surface area contributed by atoms with E-state index in [1.54, 1.807) is 17.8 Å². The predicted octanol–water partition coefficient (Wildman–Crippen LogP) is 4.65. The summed E-state index contributed by atoms with van der Waals surface area (Å²) in [6.07, 6.45) is 2.10. The summed E-state index contributed by atoms with van der Waals surface area (Å²) in [5.74, 6) is -2.14. The first-order valence-corrected chi connectivity index (χ1v) is 11.2. The molecule has 2 unspecified atom stereocenters. The number of aryl methyl sites for hydroxylation is 1. The molecule has 13 heteroatoms. The summed E-state index contributed by atoms with van der Waals surface area (Å²) in [7, 11) is 0. The normalized spacial score (nSPS) is 13.0. The van der Waals surface area contributed by atoms with Crippen LogP contribution in [0.15, 0.2) is 53.4 Å². The predicted molar refractivity (Wildman–Crippen MR) is 123 cm³/mol. The second-order valence-corrected chi connectivity index (χ2v) is 8.45. The molecule has 4 rings (SSSR count). The summed E-state index contributed by atoms with van der Waals surface area (Å²) in [6, 6.07) is 6.10. The van der Waals surface area contributed by atoms with E-state index in [0.717, 1.165) is 22.9 Å². The number of pyridine rings is 1. The number of hydrogen-bond acceptors (Lipinski definition) is 7. The number of hydrogen-bond donors (Lipinski definition) is 1. The zero-order valence-electron chi connectivity index (χ0n) is 18.5. The van der Waals surface area contributed by atoms with Gasteiger partial charge in [-0.1, -0.05) is 0 Å². The third-order valence-electron chi connectivity index (χ3n) is 5.21. The second-order valence-electron chi connectivity index (χ2n) is 7.53. The minimum atomic E-state index is -1.28. The molecule has 0 amide bonds. The minimum absolute atomic E-state index is 0.0771. The Balaban J connectivity index is 1.77. The van der Waals surface area contributed by atoms with Crippen LogP contribution in [0.1, 0.15) is 42.9 Å². The highest BCUT2D eigenvalue weighted by Gasteiger charge is 2.26. The van der Waals surface area contributed by atoms with E-state index in [2.05, 4.69) is 31.1 Å². The molecule has 0 radical (unpaired) electrons. The number of aliphatic hydroxyl groups excluding tert-OH is 1. The molecule has 1 aromatic carbocycles. The molecule has 0 aliphatic heterocycles. The molecule has 35 heavy (non-hydrogen) atoms. The molecule has 0 spiro atoms. The number of benzene rings is 1. The van der Waals surface area contributed by atoms with Crippen LogP contribution in [0.2, 0.25) is 0 Å². The lowest BCUT2D eigenvalue weighted by molar-refractivity contribution is -0.390. The van der Waals surface area contributed by atoms with Crippen LogP contribution in [0.25, 0.3) is 5.69 Å². The van der Waals surface area contributed by atoms with Crippen LogP contribution in [0.5, 0.6) is 5.75 Å². The van der Waals surface area contributed by atoms with Crippen molar-refractivity contribution >= 4 is 21.7 Å². The first-order valence-electron chi connectivity index (χ1n) is 10.4. The van der Waals surface area contributed by atoms with Gasteiger partial charge in [0, 0.05) is 36.0 Å². The summed E-state index contributed by atoms with van der Waals surface area (Å²) in [5, 5.41) is 30.3. The van der Waals surface area contributed by atoms with E-state index in [1.165, 1.54) is 24.5 Å². The Kier molecular flexibility index (Phi) is 6.89. The zero-order chi connectivity index (χ0) is 25.3. The van der Waals surface area contributed by atoms with E-state index < -0.39 is 34.7 Å². The smallest absolute Gasteiger partial charge is 0.406 e. The van der Waals surface area contributed by atoms with Crippen LogP contribution in [-0.2, 0) is 6.54 Å². The number of nitro groups is 1. The number of ether oxygens (including phenoxy) is 1. The molecule has 182 valence electrons. The van der Waals surface area contributed by atoms with Gasteiger partial charge in [-0.15, -0.1) is 5.10 Å². The molecule has 1 N–H and O–H groups in total. The molecule has 0 fully saturated rings. The quantitative estimate of drug-likeness (QED) is 0.251. The second kappa shape index (κ2) is 9.88. The maximum Gasteiger partial charge on any atom is 0.406 e. The van der Waals surface area contributed by atoms with Gasteiger partial charge in [0.15, 0.2) is 6.20 Å².